The van der Waals surface area contributed by atoms with Crippen LogP contribution in [0.1, 0.15) is 0 Å². The van der Waals surface area contributed by atoms with E-state index in [1.807, 2.05) is 0 Å². The molecular weight excluding hydrogens is 208 g/mol. The summed E-state index contributed by atoms with van der Waals surface area (Å²) in [6.07, 6.45) is -5.93. The zero-order valence-corrected chi connectivity index (χ0v) is 7.72. The number of aliphatic hydroxyl groups excluding tert-OH is 3. The third-order valence-corrected chi connectivity index (χ3v) is 2.35. The number of carbonyl (C=O) groups is 1. The summed E-state index contributed by atoms with van der Waals surface area (Å²) in [5, 5.41) is 36.4. The van der Waals surface area contributed by atoms with E-state index >= 15 is 0 Å². The molecule has 88 valence electrons. The van der Waals surface area contributed by atoms with Gasteiger partial charge in [0.1, 0.15) is 24.4 Å². The van der Waals surface area contributed by atoms with Gasteiger partial charge in [0.05, 0.1) is 6.04 Å². The minimum atomic E-state index is -1.65. The SMILES string of the molecule is NC(C(=O)O)C1OC(O)C(O)C(N)C1O. The number of carboxylic acid groups (broad SMARTS) is 1. The number of nitrogens with two attached hydrogens (primary N) is 2. The van der Waals surface area contributed by atoms with E-state index < -0.39 is 42.7 Å². The van der Waals surface area contributed by atoms with Crippen molar-refractivity contribution in [1.29, 1.82) is 0 Å². The average Bonchev–Trinajstić information content (AvgIpc) is 2.19. The molecule has 1 heterocycles. The van der Waals surface area contributed by atoms with Gasteiger partial charge in [0.15, 0.2) is 6.29 Å². The van der Waals surface area contributed by atoms with Gasteiger partial charge in [0.25, 0.3) is 0 Å². The Morgan fingerprint density at radius 3 is 2.27 bits per heavy atom. The van der Waals surface area contributed by atoms with E-state index in [1.54, 1.807) is 0 Å². The second kappa shape index (κ2) is 4.39. The molecule has 0 spiro atoms. The highest BCUT2D eigenvalue weighted by Gasteiger charge is 2.46. The average molecular weight is 222 g/mol. The molecule has 8 nitrogen and oxygen atoms in total. The Kier molecular flexibility index (Phi) is 3.60. The molecule has 15 heavy (non-hydrogen) atoms. The fraction of sp³-hybridized carbons (Fsp3) is 0.857. The Hall–Kier alpha value is -0.770. The quantitative estimate of drug-likeness (QED) is 0.277. The topological polar surface area (TPSA) is 159 Å². The molecule has 1 rings (SSSR count). The van der Waals surface area contributed by atoms with Crippen LogP contribution in [0.4, 0.5) is 0 Å². The number of hydrogen-bond donors (Lipinski definition) is 6. The summed E-state index contributed by atoms with van der Waals surface area (Å²) in [5.74, 6) is -1.39. The number of aliphatic hydroxyl groups is 3. The molecular formula is C7H14N2O6. The van der Waals surface area contributed by atoms with E-state index in [9.17, 15) is 15.0 Å². The number of rotatable bonds is 2. The van der Waals surface area contributed by atoms with Crippen molar-refractivity contribution in [2.24, 2.45) is 11.5 Å². The summed E-state index contributed by atoms with van der Waals surface area (Å²) < 4.78 is 4.67. The van der Waals surface area contributed by atoms with Gasteiger partial charge < -0.3 is 36.6 Å². The van der Waals surface area contributed by atoms with Crippen molar-refractivity contribution in [3.63, 3.8) is 0 Å². The summed E-state index contributed by atoms with van der Waals surface area (Å²) in [5.41, 5.74) is 10.6. The number of aliphatic carboxylic acids is 1. The zero-order chi connectivity index (χ0) is 11.7. The second-order valence-corrected chi connectivity index (χ2v) is 3.41. The Morgan fingerprint density at radius 1 is 1.27 bits per heavy atom. The van der Waals surface area contributed by atoms with Crippen LogP contribution in [0.2, 0.25) is 0 Å². The van der Waals surface area contributed by atoms with Crippen LogP contribution in [0.15, 0.2) is 0 Å². The molecule has 8 N–H and O–H groups in total. The molecule has 0 aliphatic carbocycles. The van der Waals surface area contributed by atoms with Crippen molar-refractivity contribution in [3.05, 3.63) is 0 Å². The van der Waals surface area contributed by atoms with Gasteiger partial charge in [-0.1, -0.05) is 0 Å². The van der Waals surface area contributed by atoms with E-state index in [0.717, 1.165) is 0 Å². The van der Waals surface area contributed by atoms with Gasteiger partial charge >= 0.3 is 5.97 Å². The standard InChI is InChI=1S/C7H14N2O6/c8-1-3(10)5(2(9)6(12)13)15-7(14)4(1)11/h1-5,7,10-11,14H,8-9H2,(H,12,13). The first kappa shape index (κ1) is 12.3. The van der Waals surface area contributed by atoms with Gasteiger partial charge in [-0.15, -0.1) is 0 Å². The maximum absolute atomic E-state index is 10.5. The summed E-state index contributed by atoms with van der Waals surface area (Å²) in [7, 11) is 0. The van der Waals surface area contributed by atoms with E-state index in [2.05, 4.69) is 4.74 Å². The molecule has 0 aromatic carbocycles. The van der Waals surface area contributed by atoms with Crippen molar-refractivity contribution in [2.45, 2.75) is 36.7 Å². The molecule has 1 aliphatic heterocycles. The van der Waals surface area contributed by atoms with Crippen LogP contribution in [0.25, 0.3) is 0 Å². The van der Waals surface area contributed by atoms with E-state index in [1.165, 1.54) is 0 Å². The fourth-order valence-corrected chi connectivity index (χ4v) is 1.37. The first-order valence-corrected chi connectivity index (χ1v) is 4.30. The minimum absolute atomic E-state index is 1.20. The monoisotopic (exact) mass is 222 g/mol. The molecule has 1 fully saturated rings. The summed E-state index contributed by atoms with van der Waals surface area (Å²) in [6, 6.07) is -2.72. The van der Waals surface area contributed by atoms with Gasteiger partial charge in [-0.3, -0.25) is 4.79 Å². The van der Waals surface area contributed by atoms with Gasteiger partial charge in [-0.25, -0.2) is 0 Å². The molecule has 0 saturated carbocycles. The van der Waals surface area contributed by atoms with Crippen LogP contribution in [-0.4, -0.2) is 63.1 Å². The van der Waals surface area contributed by atoms with Crippen molar-refractivity contribution in [2.75, 3.05) is 0 Å². The molecule has 1 aliphatic rings. The van der Waals surface area contributed by atoms with Crippen LogP contribution >= 0.6 is 0 Å². The summed E-state index contributed by atoms with van der Waals surface area (Å²) in [6.45, 7) is 0. The first-order valence-electron chi connectivity index (χ1n) is 4.30. The van der Waals surface area contributed by atoms with E-state index in [4.69, 9.17) is 21.7 Å². The lowest BCUT2D eigenvalue weighted by molar-refractivity contribution is -0.256. The van der Waals surface area contributed by atoms with E-state index in [0.29, 0.717) is 0 Å². The van der Waals surface area contributed by atoms with Gasteiger partial charge in [-0.05, 0) is 0 Å². The number of hydrogen-bond acceptors (Lipinski definition) is 7. The summed E-state index contributed by atoms with van der Waals surface area (Å²) >= 11 is 0. The lowest BCUT2D eigenvalue weighted by Gasteiger charge is -2.40. The molecule has 8 heteroatoms. The van der Waals surface area contributed by atoms with Crippen LogP contribution in [0.5, 0.6) is 0 Å². The maximum atomic E-state index is 10.5. The number of carboxylic acids is 1. The van der Waals surface area contributed by atoms with Crippen molar-refractivity contribution >= 4 is 5.97 Å². The van der Waals surface area contributed by atoms with Gasteiger partial charge in [0, 0.05) is 0 Å². The molecule has 0 radical (unpaired) electrons. The normalized spacial score (nSPS) is 43.7. The lowest BCUT2D eigenvalue weighted by atomic mass is 9.93. The molecule has 1 saturated heterocycles. The minimum Gasteiger partial charge on any atom is -0.480 e. The highest BCUT2D eigenvalue weighted by Crippen LogP contribution is 2.20. The third-order valence-electron chi connectivity index (χ3n) is 2.35. The molecule has 0 bridgehead atoms. The molecule has 0 aromatic heterocycles. The Labute approximate surface area is 85.1 Å². The molecule has 6 unspecified atom stereocenters. The molecule has 6 atom stereocenters. The predicted molar refractivity (Wildman–Crippen MR) is 46.5 cm³/mol. The number of ether oxygens (including phenoxy) is 1. The zero-order valence-electron chi connectivity index (χ0n) is 7.72. The highest BCUT2D eigenvalue weighted by atomic mass is 16.6. The first-order chi connectivity index (χ1) is 6.86. The Balaban J connectivity index is 2.78. The molecule has 0 amide bonds. The van der Waals surface area contributed by atoms with Crippen LogP contribution in [-0.2, 0) is 9.53 Å². The van der Waals surface area contributed by atoms with Crippen LogP contribution in [0.3, 0.4) is 0 Å². The van der Waals surface area contributed by atoms with Crippen LogP contribution < -0.4 is 11.5 Å². The van der Waals surface area contributed by atoms with E-state index in [-0.39, 0.29) is 0 Å². The van der Waals surface area contributed by atoms with Crippen LogP contribution in [0, 0.1) is 0 Å². The second-order valence-electron chi connectivity index (χ2n) is 3.41. The van der Waals surface area contributed by atoms with Gasteiger partial charge in [0.2, 0.25) is 0 Å². The van der Waals surface area contributed by atoms with Crippen molar-refractivity contribution in [3.8, 4) is 0 Å². The fourth-order valence-electron chi connectivity index (χ4n) is 1.37. The maximum Gasteiger partial charge on any atom is 0.323 e. The Morgan fingerprint density at radius 2 is 1.80 bits per heavy atom. The third kappa shape index (κ3) is 2.25. The van der Waals surface area contributed by atoms with Crippen molar-refractivity contribution < 1.29 is 30.0 Å². The lowest BCUT2D eigenvalue weighted by Crippen LogP contribution is -2.66. The Bertz CT molecular complexity index is 250. The largest absolute Gasteiger partial charge is 0.480 e. The van der Waals surface area contributed by atoms with Gasteiger partial charge in [-0.2, -0.15) is 0 Å². The molecule has 0 aromatic rings. The highest BCUT2D eigenvalue weighted by molar-refractivity contribution is 5.74. The smallest absolute Gasteiger partial charge is 0.323 e. The summed E-state index contributed by atoms with van der Waals surface area (Å²) in [4.78, 5) is 10.5. The predicted octanol–water partition coefficient (Wildman–Crippen LogP) is -3.84. The van der Waals surface area contributed by atoms with Crippen molar-refractivity contribution in [1.82, 2.24) is 0 Å².